The Balaban J connectivity index is 2.11. The number of carbonyl (C=O) groups excluding carboxylic acids is 1. The highest BCUT2D eigenvalue weighted by molar-refractivity contribution is 9.10. The molecule has 2 rings (SSSR count). The molecule has 2 aromatic rings. The number of ketones is 1. The van der Waals surface area contributed by atoms with Crippen molar-refractivity contribution in [1.82, 2.24) is 4.98 Å². The molecule has 0 saturated carbocycles. The second kappa shape index (κ2) is 6.59. The molecule has 0 amide bonds. The molecule has 0 aliphatic carbocycles. The molecule has 0 fully saturated rings. The van der Waals surface area contributed by atoms with E-state index in [4.69, 9.17) is 5.73 Å². The standard InChI is InChI=1S/C15H15BrN2O/c16-12-6-7-13(18-10-12)8-15(19)14(9-17)11-4-2-1-3-5-11/h1-7,10,14H,8-9,17H2. The molecule has 0 bridgehead atoms. The fourth-order valence-electron chi connectivity index (χ4n) is 1.95. The highest BCUT2D eigenvalue weighted by Gasteiger charge is 2.19. The molecule has 3 nitrogen and oxygen atoms in total. The molecule has 0 saturated heterocycles. The van der Waals surface area contributed by atoms with Crippen LogP contribution in [0.1, 0.15) is 17.2 Å². The third kappa shape index (κ3) is 3.72. The van der Waals surface area contributed by atoms with Crippen LogP contribution in [0.4, 0.5) is 0 Å². The van der Waals surface area contributed by atoms with Gasteiger partial charge in [0.05, 0.1) is 5.92 Å². The second-order valence-corrected chi connectivity index (χ2v) is 5.23. The van der Waals surface area contributed by atoms with Gasteiger partial charge in [-0.25, -0.2) is 0 Å². The first-order chi connectivity index (χ1) is 9.20. The number of halogens is 1. The van der Waals surface area contributed by atoms with Gasteiger partial charge < -0.3 is 5.73 Å². The Bertz CT molecular complexity index is 540. The minimum Gasteiger partial charge on any atom is -0.329 e. The van der Waals surface area contributed by atoms with Gasteiger partial charge in [-0.3, -0.25) is 9.78 Å². The summed E-state index contributed by atoms with van der Waals surface area (Å²) in [5.41, 5.74) is 7.47. The van der Waals surface area contributed by atoms with Crippen LogP contribution in [-0.4, -0.2) is 17.3 Å². The van der Waals surface area contributed by atoms with Crippen molar-refractivity contribution in [1.29, 1.82) is 0 Å². The topological polar surface area (TPSA) is 56.0 Å². The van der Waals surface area contributed by atoms with Gasteiger partial charge in [-0.15, -0.1) is 0 Å². The van der Waals surface area contributed by atoms with E-state index in [1.807, 2.05) is 42.5 Å². The fraction of sp³-hybridized carbons (Fsp3) is 0.200. The lowest BCUT2D eigenvalue weighted by molar-refractivity contribution is -0.119. The fourth-order valence-corrected chi connectivity index (χ4v) is 2.19. The van der Waals surface area contributed by atoms with Crippen molar-refractivity contribution in [2.24, 2.45) is 5.73 Å². The van der Waals surface area contributed by atoms with Crippen molar-refractivity contribution >= 4 is 21.7 Å². The van der Waals surface area contributed by atoms with E-state index < -0.39 is 0 Å². The third-order valence-electron chi connectivity index (χ3n) is 2.97. The second-order valence-electron chi connectivity index (χ2n) is 4.31. The summed E-state index contributed by atoms with van der Waals surface area (Å²) in [5, 5.41) is 0. The lowest BCUT2D eigenvalue weighted by Gasteiger charge is -2.13. The maximum atomic E-state index is 12.3. The zero-order chi connectivity index (χ0) is 13.7. The van der Waals surface area contributed by atoms with E-state index in [1.54, 1.807) is 6.20 Å². The van der Waals surface area contributed by atoms with Crippen LogP contribution in [0.25, 0.3) is 0 Å². The maximum absolute atomic E-state index is 12.3. The molecular weight excluding hydrogens is 304 g/mol. The molecule has 1 aromatic carbocycles. The average Bonchev–Trinajstić information content (AvgIpc) is 2.43. The van der Waals surface area contributed by atoms with Gasteiger partial charge in [0, 0.05) is 29.3 Å². The van der Waals surface area contributed by atoms with Gasteiger partial charge in [-0.05, 0) is 33.6 Å². The summed E-state index contributed by atoms with van der Waals surface area (Å²) in [4.78, 5) is 16.5. The molecule has 0 aliphatic rings. The Hall–Kier alpha value is -1.52. The van der Waals surface area contributed by atoms with Gasteiger partial charge in [0.1, 0.15) is 5.78 Å². The van der Waals surface area contributed by atoms with Crippen LogP contribution >= 0.6 is 15.9 Å². The Morgan fingerprint density at radius 3 is 2.53 bits per heavy atom. The quantitative estimate of drug-likeness (QED) is 0.922. The Morgan fingerprint density at radius 1 is 1.21 bits per heavy atom. The molecule has 0 aliphatic heterocycles. The first-order valence-corrected chi connectivity index (χ1v) is 6.88. The third-order valence-corrected chi connectivity index (χ3v) is 3.44. The van der Waals surface area contributed by atoms with Gasteiger partial charge in [-0.1, -0.05) is 30.3 Å². The number of pyridine rings is 1. The van der Waals surface area contributed by atoms with Gasteiger partial charge in [-0.2, -0.15) is 0 Å². The van der Waals surface area contributed by atoms with Gasteiger partial charge in [0.15, 0.2) is 0 Å². The van der Waals surface area contributed by atoms with Crippen LogP contribution < -0.4 is 5.73 Å². The molecule has 1 heterocycles. The van der Waals surface area contributed by atoms with Crippen LogP contribution in [0.15, 0.2) is 53.1 Å². The Morgan fingerprint density at radius 2 is 1.95 bits per heavy atom. The van der Waals surface area contributed by atoms with Gasteiger partial charge in [0.2, 0.25) is 0 Å². The number of nitrogens with zero attached hydrogens (tertiary/aromatic N) is 1. The number of hydrogen-bond acceptors (Lipinski definition) is 3. The minimum atomic E-state index is -0.258. The van der Waals surface area contributed by atoms with Crippen molar-refractivity contribution in [3.63, 3.8) is 0 Å². The van der Waals surface area contributed by atoms with Crippen LogP contribution in [0.3, 0.4) is 0 Å². The van der Waals surface area contributed by atoms with Crippen LogP contribution in [0.2, 0.25) is 0 Å². The number of nitrogens with two attached hydrogens (primary N) is 1. The van der Waals surface area contributed by atoms with Crippen molar-refractivity contribution in [2.75, 3.05) is 6.54 Å². The summed E-state index contributed by atoms with van der Waals surface area (Å²) in [7, 11) is 0. The lowest BCUT2D eigenvalue weighted by Crippen LogP contribution is -2.23. The number of carbonyl (C=O) groups is 1. The first-order valence-electron chi connectivity index (χ1n) is 6.09. The molecule has 1 unspecified atom stereocenters. The van der Waals surface area contributed by atoms with Crippen LogP contribution in [0, 0.1) is 0 Å². The number of hydrogen-bond donors (Lipinski definition) is 1. The molecule has 0 radical (unpaired) electrons. The molecule has 1 aromatic heterocycles. The Kier molecular flexibility index (Phi) is 4.82. The first kappa shape index (κ1) is 13.9. The van der Waals surface area contributed by atoms with E-state index >= 15 is 0 Å². The number of benzene rings is 1. The lowest BCUT2D eigenvalue weighted by atomic mass is 9.92. The molecule has 2 N–H and O–H groups in total. The average molecular weight is 319 g/mol. The number of Topliss-reactive ketones (excluding diaryl/α,β-unsaturated/α-hetero) is 1. The molecule has 19 heavy (non-hydrogen) atoms. The molecular formula is C15H15BrN2O. The van der Waals surface area contributed by atoms with E-state index in [9.17, 15) is 4.79 Å². The van der Waals surface area contributed by atoms with Crippen molar-refractivity contribution in [3.05, 3.63) is 64.4 Å². The summed E-state index contributed by atoms with van der Waals surface area (Å²) >= 11 is 3.32. The summed E-state index contributed by atoms with van der Waals surface area (Å²) in [6, 6.07) is 13.4. The smallest absolute Gasteiger partial charge is 0.147 e. The summed E-state index contributed by atoms with van der Waals surface area (Å²) in [6.07, 6.45) is 2.01. The number of aromatic nitrogens is 1. The van der Waals surface area contributed by atoms with E-state index in [0.29, 0.717) is 13.0 Å². The highest BCUT2D eigenvalue weighted by atomic mass is 79.9. The van der Waals surface area contributed by atoms with Crippen molar-refractivity contribution in [2.45, 2.75) is 12.3 Å². The Labute approximate surface area is 121 Å². The van der Waals surface area contributed by atoms with E-state index in [0.717, 1.165) is 15.7 Å². The van der Waals surface area contributed by atoms with Gasteiger partial charge in [0.25, 0.3) is 0 Å². The van der Waals surface area contributed by atoms with Crippen LogP contribution in [-0.2, 0) is 11.2 Å². The van der Waals surface area contributed by atoms with Crippen molar-refractivity contribution in [3.8, 4) is 0 Å². The van der Waals surface area contributed by atoms with E-state index in [2.05, 4.69) is 20.9 Å². The predicted octanol–water partition coefficient (Wildman–Crippen LogP) is 2.70. The van der Waals surface area contributed by atoms with E-state index in [1.165, 1.54) is 0 Å². The molecule has 1 atom stereocenters. The molecule has 0 spiro atoms. The minimum absolute atomic E-state index is 0.100. The summed E-state index contributed by atoms with van der Waals surface area (Å²) in [6.45, 7) is 0.319. The largest absolute Gasteiger partial charge is 0.329 e. The predicted molar refractivity (Wildman–Crippen MR) is 78.9 cm³/mol. The highest BCUT2D eigenvalue weighted by Crippen LogP contribution is 2.17. The van der Waals surface area contributed by atoms with Gasteiger partial charge >= 0.3 is 0 Å². The summed E-state index contributed by atoms with van der Waals surface area (Å²) < 4.78 is 0.905. The monoisotopic (exact) mass is 318 g/mol. The normalized spacial score (nSPS) is 12.1. The molecule has 98 valence electrons. The SMILES string of the molecule is NCC(C(=O)Cc1ccc(Br)cn1)c1ccccc1. The van der Waals surface area contributed by atoms with Crippen LogP contribution in [0.5, 0.6) is 0 Å². The zero-order valence-electron chi connectivity index (χ0n) is 10.4. The molecule has 4 heteroatoms. The van der Waals surface area contributed by atoms with Crippen molar-refractivity contribution < 1.29 is 4.79 Å². The van der Waals surface area contributed by atoms with E-state index in [-0.39, 0.29) is 11.7 Å². The zero-order valence-corrected chi connectivity index (χ0v) is 12.0. The maximum Gasteiger partial charge on any atom is 0.147 e. The summed E-state index contributed by atoms with van der Waals surface area (Å²) in [5.74, 6) is -0.157. The number of rotatable bonds is 5.